The number of fused-ring (bicyclic) bond motifs is 4. The molecule has 2 aliphatic heterocycles. The van der Waals surface area contributed by atoms with Gasteiger partial charge < -0.3 is 24.3 Å². The maximum atomic E-state index is 12.7. The van der Waals surface area contributed by atoms with Gasteiger partial charge in [-0.05, 0) is 42.5 Å². The van der Waals surface area contributed by atoms with Crippen LogP contribution in [0.3, 0.4) is 0 Å². The van der Waals surface area contributed by atoms with Crippen LogP contribution in [-0.2, 0) is 13.0 Å². The van der Waals surface area contributed by atoms with E-state index in [0.717, 1.165) is 17.7 Å². The number of hydrogen-bond acceptors (Lipinski definition) is 4. The SMILES string of the molecule is COc1ccc(CCNC(=O)N2CC3CC(C2)c2cccc(=O)n2C3)cc1OC. The first-order valence-corrected chi connectivity index (χ1v) is 10.0. The van der Waals surface area contributed by atoms with E-state index in [1.54, 1.807) is 20.3 Å². The van der Waals surface area contributed by atoms with Crippen LogP contribution in [0.1, 0.15) is 23.6 Å². The molecule has 0 saturated carbocycles. The van der Waals surface area contributed by atoms with E-state index in [1.165, 1.54) is 0 Å². The predicted molar refractivity (Wildman–Crippen MR) is 110 cm³/mol. The van der Waals surface area contributed by atoms with E-state index in [2.05, 4.69) is 5.32 Å². The summed E-state index contributed by atoms with van der Waals surface area (Å²) in [6.07, 6.45) is 1.75. The Morgan fingerprint density at radius 3 is 2.72 bits per heavy atom. The maximum absolute atomic E-state index is 12.7. The summed E-state index contributed by atoms with van der Waals surface area (Å²) in [5.41, 5.74) is 2.19. The fourth-order valence-corrected chi connectivity index (χ4v) is 4.52. The molecule has 2 aromatic rings. The molecular weight excluding hydrogens is 370 g/mol. The van der Waals surface area contributed by atoms with Gasteiger partial charge in [-0.1, -0.05) is 12.1 Å². The first kappa shape index (κ1) is 19.4. The molecule has 2 aliphatic rings. The van der Waals surface area contributed by atoms with Crippen molar-refractivity contribution in [3.05, 3.63) is 58.0 Å². The second-order valence-corrected chi connectivity index (χ2v) is 7.77. The highest BCUT2D eigenvalue weighted by Crippen LogP contribution is 2.34. The van der Waals surface area contributed by atoms with Crippen molar-refractivity contribution in [3.8, 4) is 11.5 Å². The van der Waals surface area contributed by atoms with Crippen LogP contribution in [0.15, 0.2) is 41.2 Å². The zero-order valence-electron chi connectivity index (χ0n) is 16.9. The van der Waals surface area contributed by atoms with Crippen LogP contribution in [0, 0.1) is 5.92 Å². The number of urea groups is 1. The van der Waals surface area contributed by atoms with Crippen molar-refractivity contribution in [1.29, 1.82) is 0 Å². The van der Waals surface area contributed by atoms with Crippen molar-refractivity contribution in [2.24, 2.45) is 5.92 Å². The van der Waals surface area contributed by atoms with E-state index in [9.17, 15) is 9.59 Å². The quantitative estimate of drug-likeness (QED) is 0.840. The summed E-state index contributed by atoms with van der Waals surface area (Å²) in [5, 5.41) is 3.04. The molecule has 0 aliphatic carbocycles. The largest absolute Gasteiger partial charge is 0.493 e. The molecule has 2 amide bonds. The van der Waals surface area contributed by atoms with Gasteiger partial charge >= 0.3 is 6.03 Å². The average Bonchev–Trinajstić information content (AvgIpc) is 2.74. The normalized spacial score (nSPS) is 20.0. The van der Waals surface area contributed by atoms with E-state index in [-0.39, 0.29) is 17.5 Å². The number of aromatic nitrogens is 1. The van der Waals surface area contributed by atoms with Crippen molar-refractivity contribution < 1.29 is 14.3 Å². The molecule has 2 atom stereocenters. The highest BCUT2D eigenvalue weighted by Gasteiger charge is 2.36. The fraction of sp³-hybridized carbons (Fsp3) is 0.455. The van der Waals surface area contributed by atoms with E-state index in [1.807, 2.05) is 39.8 Å². The molecule has 154 valence electrons. The van der Waals surface area contributed by atoms with Crippen molar-refractivity contribution in [1.82, 2.24) is 14.8 Å². The number of benzene rings is 1. The number of pyridine rings is 1. The molecule has 0 radical (unpaired) electrons. The van der Waals surface area contributed by atoms with Gasteiger partial charge in [-0.25, -0.2) is 4.79 Å². The van der Waals surface area contributed by atoms with Crippen LogP contribution >= 0.6 is 0 Å². The number of nitrogens with zero attached hydrogens (tertiary/aromatic N) is 2. The molecular formula is C22H27N3O4. The summed E-state index contributed by atoms with van der Waals surface area (Å²) in [5.74, 6) is 1.94. The third kappa shape index (κ3) is 3.95. The summed E-state index contributed by atoms with van der Waals surface area (Å²) in [6.45, 7) is 2.60. The van der Waals surface area contributed by atoms with Gasteiger partial charge in [-0.15, -0.1) is 0 Å². The molecule has 2 unspecified atom stereocenters. The van der Waals surface area contributed by atoms with Crippen molar-refractivity contribution in [2.45, 2.75) is 25.3 Å². The van der Waals surface area contributed by atoms with Crippen LogP contribution < -0.4 is 20.3 Å². The second kappa shape index (κ2) is 8.19. The molecule has 2 bridgehead atoms. The van der Waals surface area contributed by atoms with Crippen LogP contribution in [0.2, 0.25) is 0 Å². The van der Waals surface area contributed by atoms with Crippen LogP contribution in [0.5, 0.6) is 11.5 Å². The van der Waals surface area contributed by atoms with Gasteiger partial charge in [0.1, 0.15) is 0 Å². The summed E-state index contributed by atoms with van der Waals surface area (Å²) in [4.78, 5) is 26.7. The van der Waals surface area contributed by atoms with Gasteiger partial charge in [-0.3, -0.25) is 4.79 Å². The Bertz CT molecular complexity index is 955. The molecule has 1 aromatic carbocycles. The molecule has 4 rings (SSSR count). The lowest BCUT2D eigenvalue weighted by molar-refractivity contribution is 0.131. The Labute approximate surface area is 170 Å². The molecule has 3 heterocycles. The van der Waals surface area contributed by atoms with Gasteiger partial charge in [0, 0.05) is 43.9 Å². The van der Waals surface area contributed by atoms with Crippen LogP contribution in [-0.4, -0.2) is 49.4 Å². The van der Waals surface area contributed by atoms with Crippen molar-refractivity contribution in [3.63, 3.8) is 0 Å². The number of hydrogen-bond donors (Lipinski definition) is 1. The number of likely N-dealkylation sites (tertiary alicyclic amines) is 1. The highest BCUT2D eigenvalue weighted by molar-refractivity contribution is 5.74. The number of ether oxygens (including phenoxy) is 2. The number of carbonyl (C=O) groups is 1. The summed E-state index contributed by atoms with van der Waals surface area (Å²) in [6, 6.07) is 11.2. The van der Waals surface area contributed by atoms with Gasteiger partial charge in [-0.2, -0.15) is 0 Å². The van der Waals surface area contributed by atoms with Gasteiger partial charge in [0.15, 0.2) is 11.5 Å². The summed E-state index contributed by atoms with van der Waals surface area (Å²) >= 11 is 0. The molecule has 1 N–H and O–H groups in total. The number of amides is 2. The second-order valence-electron chi connectivity index (χ2n) is 7.77. The lowest BCUT2D eigenvalue weighted by Crippen LogP contribution is -2.52. The van der Waals surface area contributed by atoms with Crippen molar-refractivity contribution in [2.75, 3.05) is 33.9 Å². The molecule has 1 aromatic heterocycles. The number of carbonyl (C=O) groups excluding carboxylic acids is 1. The lowest BCUT2D eigenvalue weighted by Gasteiger charge is -2.42. The Balaban J connectivity index is 1.35. The van der Waals surface area contributed by atoms with Gasteiger partial charge in [0.05, 0.1) is 14.2 Å². The predicted octanol–water partition coefficient (Wildman–Crippen LogP) is 2.24. The molecule has 7 nitrogen and oxygen atoms in total. The maximum Gasteiger partial charge on any atom is 0.317 e. The Kier molecular flexibility index (Phi) is 5.47. The third-order valence-corrected chi connectivity index (χ3v) is 5.90. The highest BCUT2D eigenvalue weighted by atomic mass is 16.5. The Morgan fingerprint density at radius 2 is 1.93 bits per heavy atom. The Hall–Kier alpha value is -2.96. The first-order chi connectivity index (χ1) is 14.1. The summed E-state index contributed by atoms with van der Waals surface area (Å²) < 4.78 is 12.5. The number of rotatable bonds is 5. The lowest BCUT2D eigenvalue weighted by atomic mass is 9.83. The minimum absolute atomic E-state index is 0.0353. The minimum atomic E-state index is -0.0353. The first-order valence-electron chi connectivity index (χ1n) is 10.0. The standard InChI is InChI=1S/C22H27N3O4/c1-28-19-7-6-15(11-20(19)29-2)8-9-23-22(27)24-12-16-10-17(14-24)18-4-3-5-21(26)25(18)13-16/h3-7,11,16-17H,8-10,12-14H2,1-2H3,(H,23,27). The molecule has 29 heavy (non-hydrogen) atoms. The monoisotopic (exact) mass is 397 g/mol. The van der Waals surface area contributed by atoms with Crippen LogP contribution in [0.4, 0.5) is 4.79 Å². The number of piperidine rings is 1. The average molecular weight is 397 g/mol. The van der Waals surface area contributed by atoms with E-state index < -0.39 is 0 Å². The van der Waals surface area contributed by atoms with Crippen molar-refractivity contribution >= 4 is 6.03 Å². The van der Waals surface area contributed by atoms with E-state index in [4.69, 9.17) is 9.47 Å². The third-order valence-electron chi connectivity index (χ3n) is 5.90. The van der Waals surface area contributed by atoms with E-state index >= 15 is 0 Å². The molecule has 1 fully saturated rings. The zero-order valence-corrected chi connectivity index (χ0v) is 16.9. The number of nitrogens with one attached hydrogen (secondary N) is 1. The molecule has 1 saturated heterocycles. The number of methoxy groups -OCH3 is 2. The van der Waals surface area contributed by atoms with Gasteiger partial charge in [0.25, 0.3) is 5.56 Å². The molecule has 0 spiro atoms. The Morgan fingerprint density at radius 1 is 1.10 bits per heavy atom. The fourth-order valence-electron chi connectivity index (χ4n) is 4.52. The smallest absolute Gasteiger partial charge is 0.317 e. The molecule has 7 heteroatoms. The minimum Gasteiger partial charge on any atom is -0.493 e. The zero-order chi connectivity index (χ0) is 20.4. The van der Waals surface area contributed by atoms with Gasteiger partial charge in [0.2, 0.25) is 0 Å². The summed E-state index contributed by atoms with van der Waals surface area (Å²) in [7, 11) is 3.23. The topological polar surface area (TPSA) is 72.8 Å². The van der Waals surface area contributed by atoms with E-state index in [0.29, 0.717) is 50.0 Å². The van der Waals surface area contributed by atoms with Crippen LogP contribution in [0.25, 0.3) is 0 Å².